The van der Waals surface area contributed by atoms with Gasteiger partial charge in [-0.25, -0.2) is 0 Å². The predicted octanol–water partition coefficient (Wildman–Crippen LogP) is 1.12. The Bertz CT molecular complexity index is 665. The number of ether oxygens (including phenoxy) is 1. The number of hydrogen-bond donors (Lipinski definition) is 4. The average molecular weight is 350 g/mol. The summed E-state index contributed by atoms with van der Waals surface area (Å²) in [5.74, 6) is -0.329. The molecule has 138 valence electrons. The second-order valence-corrected chi connectivity index (χ2v) is 7.14. The molecular formula is C19H26O6. The van der Waals surface area contributed by atoms with Crippen molar-refractivity contribution >= 4 is 5.78 Å². The number of aliphatic hydroxyl groups excluding tert-OH is 2. The molecule has 2 aliphatic rings. The van der Waals surface area contributed by atoms with Crippen molar-refractivity contribution < 1.29 is 30.0 Å². The van der Waals surface area contributed by atoms with Crippen LogP contribution >= 0.6 is 0 Å². The fraction of sp³-hybridized carbons (Fsp3) is 0.526. The standard InChI is InChI=1S/C19H26O6/c1-5-11(2)16(21)18(3,23)7-6-13-8-12-9-15(20)19(4,24)17(22)14(12)10-25-13/h6-11,16-17,21-24H,5H2,1-4H3/b7-6+/t11-,16+,17+,18+,19-/m0/s1. The van der Waals surface area contributed by atoms with Gasteiger partial charge in [-0.3, -0.25) is 4.79 Å². The van der Waals surface area contributed by atoms with Crippen LogP contribution in [0, 0.1) is 5.92 Å². The Morgan fingerprint density at radius 3 is 2.68 bits per heavy atom. The molecule has 6 heteroatoms. The van der Waals surface area contributed by atoms with Crippen LogP contribution < -0.4 is 0 Å². The number of rotatable bonds is 5. The summed E-state index contributed by atoms with van der Waals surface area (Å²) >= 11 is 0. The van der Waals surface area contributed by atoms with Gasteiger partial charge in [0.05, 0.1) is 12.4 Å². The molecule has 0 saturated carbocycles. The normalized spacial score (nSPS) is 31.3. The van der Waals surface area contributed by atoms with E-state index in [4.69, 9.17) is 4.74 Å². The smallest absolute Gasteiger partial charge is 0.190 e. The summed E-state index contributed by atoms with van der Waals surface area (Å²) in [7, 11) is 0. The van der Waals surface area contributed by atoms with Crippen molar-refractivity contribution in [2.75, 3.05) is 0 Å². The number of carbonyl (C=O) groups excluding carboxylic acids is 1. The van der Waals surface area contributed by atoms with Crippen LogP contribution in [-0.2, 0) is 9.53 Å². The van der Waals surface area contributed by atoms with Crippen LogP contribution in [0.5, 0.6) is 0 Å². The van der Waals surface area contributed by atoms with Gasteiger partial charge in [0.2, 0.25) is 0 Å². The lowest BCUT2D eigenvalue weighted by molar-refractivity contribution is -0.140. The molecule has 0 bridgehead atoms. The van der Waals surface area contributed by atoms with Crippen molar-refractivity contribution in [1.29, 1.82) is 0 Å². The number of fused-ring (bicyclic) bond motifs is 1. The maximum absolute atomic E-state index is 11.9. The first-order valence-electron chi connectivity index (χ1n) is 8.35. The molecule has 0 saturated heterocycles. The Morgan fingerprint density at radius 2 is 2.08 bits per heavy atom. The van der Waals surface area contributed by atoms with E-state index in [9.17, 15) is 25.2 Å². The lowest BCUT2D eigenvalue weighted by Gasteiger charge is -2.34. The third-order valence-corrected chi connectivity index (χ3v) is 4.93. The number of ketones is 1. The van der Waals surface area contributed by atoms with E-state index < -0.39 is 29.2 Å². The zero-order chi connectivity index (χ0) is 19.0. The molecule has 25 heavy (non-hydrogen) atoms. The predicted molar refractivity (Wildman–Crippen MR) is 92.2 cm³/mol. The van der Waals surface area contributed by atoms with Crippen molar-refractivity contribution in [2.24, 2.45) is 5.92 Å². The lowest BCUT2D eigenvalue weighted by Crippen LogP contribution is -2.50. The highest BCUT2D eigenvalue weighted by Gasteiger charge is 2.44. The highest BCUT2D eigenvalue weighted by molar-refractivity contribution is 6.01. The highest BCUT2D eigenvalue weighted by Crippen LogP contribution is 2.34. The van der Waals surface area contributed by atoms with Gasteiger partial charge in [-0.1, -0.05) is 20.3 Å². The second-order valence-electron chi connectivity index (χ2n) is 7.14. The molecule has 0 aromatic carbocycles. The molecule has 0 unspecified atom stereocenters. The van der Waals surface area contributed by atoms with Gasteiger partial charge in [0.15, 0.2) is 11.4 Å². The first kappa shape index (κ1) is 19.6. The minimum Gasteiger partial charge on any atom is -0.465 e. The molecule has 2 rings (SSSR count). The SMILES string of the molecule is CC[C@H](C)[C@@H](O)[C@](C)(O)/C=C/C1=CC2=CC(=O)[C@](C)(O)[C@H](O)C2=CO1. The third-order valence-electron chi connectivity index (χ3n) is 4.93. The number of aliphatic hydroxyl groups is 4. The van der Waals surface area contributed by atoms with Gasteiger partial charge in [-0.2, -0.15) is 0 Å². The minimum atomic E-state index is -1.88. The third kappa shape index (κ3) is 3.77. The monoisotopic (exact) mass is 350 g/mol. The molecule has 0 aromatic rings. The van der Waals surface area contributed by atoms with E-state index in [1.807, 2.05) is 13.8 Å². The Balaban J connectivity index is 2.22. The molecule has 5 atom stereocenters. The zero-order valence-electron chi connectivity index (χ0n) is 14.9. The van der Waals surface area contributed by atoms with Crippen molar-refractivity contribution in [3.05, 3.63) is 47.5 Å². The Kier molecular flexibility index (Phi) is 5.39. The molecule has 1 aliphatic carbocycles. The first-order chi connectivity index (χ1) is 11.5. The lowest BCUT2D eigenvalue weighted by atomic mass is 9.79. The van der Waals surface area contributed by atoms with E-state index in [2.05, 4.69) is 0 Å². The van der Waals surface area contributed by atoms with Crippen molar-refractivity contribution in [3.63, 3.8) is 0 Å². The molecule has 0 fully saturated rings. The molecule has 1 aliphatic heterocycles. The van der Waals surface area contributed by atoms with Crippen molar-refractivity contribution in [1.82, 2.24) is 0 Å². The summed E-state index contributed by atoms with van der Waals surface area (Å²) < 4.78 is 5.40. The topological polar surface area (TPSA) is 107 Å². The Hall–Kier alpha value is -1.73. The summed E-state index contributed by atoms with van der Waals surface area (Å²) in [6.07, 6.45) is 5.42. The van der Waals surface area contributed by atoms with Gasteiger partial charge in [-0.05, 0) is 49.6 Å². The Labute approximate surface area is 147 Å². The molecule has 4 N–H and O–H groups in total. The first-order valence-corrected chi connectivity index (χ1v) is 8.35. The maximum Gasteiger partial charge on any atom is 0.190 e. The van der Waals surface area contributed by atoms with E-state index in [0.29, 0.717) is 16.9 Å². The minimum absolute atomic E-state index is 0.0801. The van der Waals surface area contributed by atoms with Crippen LogP contribution in [0.2, 0.25) is 0 Å². The van der Waals surface area contributed by atoms with Crippen LogP contribution in [0.1, 0.15) is 34.1 Å². The van der Waals surface area contributed by atoms with Crippen molar-refractivity contribution in [2.45, 2.75) is 57.5 Å². The molecule has 0 amide bonds. The van der Waals surface area contributed by atoms with Crippen molar-refractivity contribution in [3.8, 4) is 0 Å². The number of hydrogen-bond acceptors (Lipinski definition) is 6. The Morgan fingerprint density at radius 1 is 1.44 bits per heavy atom. The van der Waals surface area contributed by atoms with Gasteiger partial charge in [0.25, 0.3) is 0 Å². The van der Waals surface area contributed by atoms with E-state index >= 15 is 0 Å². The summed E-state index contributed by atoms with van der Waals surface area (Å²) in [5.41, 5.74) is -2.57. The van der Waals surface area contributed by atoms with Crippen LogP contribution in [0.3, 0.4) is 0 Å². The quantitative estimate of drug-likeness (QED) is 0.592. The highest BCUT2D eigenvalue weighted by atomic mass is 16.5. The number of carbonyl (C=O) groups is 1. The van der Waals surface area contributed by atoms with Gasteiger partial charge < -0.3 is 25.2 Å². The number of allylic oxidation sites excluding steroid dienone is 2. The van der Waals surface area contributed by atoms with E-state index in [-0.39, 0.29) is 5.92 Å². The molecule has 0 aromatic heterocycles. The summed E-state index contributed by atoms with van der Waals surface area (Å²) in [5, 5.41) is 40.8. The van der Waals surface area contributed by atoms with E-state index in [1.54, 1.807) is 0 Å². The van der Waals surface area contributed by atoms with Crippen LogP contribution in [0.15, 0.2) is 47.5 Å². The summed E-state index contributed by atoms with van der Waals surface area (Å²) in [6.45, 7) is 6.54. The van der Waals surface area contributed by atoms with E-state index in [1.165, 1.54) is 44.4 Å². The van der Waals surface area contributed by atoms with Gasteiger partial charge in [0.1, 0.15) is 17.5 Å². The fourth-order valence-electron chi connectivity index (χ4n) is 2.78. The van der Waals surface area contributed by atoms with Gasteiger partial charge >= 0.3 is 0 Å². The largest absolute Gasteiger partial charge is 0.465 e. The molecule has 6 nitrogen and oxygen atoms in total. The second kappa shape index (κ2) is 6.88. The van der Waals surface area contributed by atoms with E-state index in [0.717, 1.165) is 6.42 Å². The zero-order valence-corrected chi connectivity index (χ0v) is 14.9. The summed E-state index contributed by atoms with van der Waals surface area (Å²) in [4.78, 5) is 11.9. The van der Waals surface area contributed by atoms with Crippen LogP contribution in [0.4, 0.5) is 0 Å². The molecule has 1 heterocycles. The van der Waals surface area contributed by atoms with Crippen LogP contribution in [-0.4, -0.2) is 49.6 Å². The van der Waals surface area contributed by atoms with Crippen LogP contribution in [0.25, 0.3) is 0 Å². The maximum atomic E-state index is 11.9. The van der Waals surface area contributed by atoms with Gasteiger partial charge in [-0.15, -0.1) is 0 Å². The average Bonchev–Trinajstić information content (AvgIpc) is 2.57. The molecule has 0 spiro atoms. The summed E-state index contributed by atoms with van der Waals surface area (Å²) in [6, 6.07) is 0. The molecular weight excluding hydrogens is 324 g/mol. The molecule has 0 radical (unpaired) electrons. The van der Waals surface area contributed by atoms with Gasteiger partial charge in [0, 0.05) is 5.57 Å². The fourth-order valence-corrected chi connectivity index (χ4v) is 2.78.